The normalized spacial score (nSPS) is 13.1. The van der Waals surface area contributed by atoms with E-state index in [-0.39, 0.29) is 18.9 Å². The third-order valence-corrected chi connectivity index (χ3v) is 7.99. The zero-order chi connectivity index (χ0) is 31.1. The average Bonchev–Trinajstić information content (AvgIpc) is 3.00. The van der Waals surface area contributed by atoms with E-state index in [0.29, 0.717) is 25.7 Å². The van der Waals surface area contributed by atoms with Crippen molar-refractivity contribution in [2.75, 3.05) is 6.61 Å². The number of hydrogen-bond acceptors (Lipinski definition) is 3. The Bertz CT molecular complexity index is 1230. The monoisotopic (exact) mass is 597 g/mol. The number of alkyl halides is 3. The van der Waals surface area contributed by atoms with E-state index in [1.165, 1.54) is 37.7 Å². The highest BCUT2D eigenvalue weighted by molar-refractivity contribution is 5.82. The van der Waals surface area contributed by atoms with Gasteiger partial charge in [-0.15, -0.1) is 0 Å². The summed E-state index contributed by atoms with van der Waals surface area (Å²) in [6.45, 7) is 3.24. The van der Waals surface area contributed by atoms with Crippen LogP contribution in [0.15, 0.2) is 66.9 Å². The summed E-state index contributed by atoms with van der Waals surface area (Å²) >= 11 is 0. The summed E-state index contributed by atoms with van der Waals surface area (Å²) in [5, 5.41) is 9.19. The molecule has 2 unspecified atom stereocenters. The molecule has 0 aliphatic rings. The highest BCUT2D eigenvalue weighted by Gasteiger charge is 2.36. The number of benzene rings is 2. The van der Waals surface area contributed by atoms with Gasteiger partial charge in [-0.05, 0) is 85.8 Å². The smallest absolute Gasteiger partial charge is 0.414 e. The van der Waals surface area contributed by atoms with E-state index >= 15 is 0 Å². The Morgan fingerprint density at radius 2 is 1.60 bits per heavy atom. The number of halogens is 3. The van der Waals surface area contributed by atoms with E-state index in [1.807, 2.05) is 24.4 Å². The summed E-state index contributed by atoms with van der Waals surface area (Å²) < 4.78 is 43.7. The van der Waals surface area contributed by atoms with Crippen molar-refractivity contribution in [1.82, 2.24) is 4.98 Å². The van der Waals surface area contributed by atoms with Gasteiger partial charge in [0.25, 0.3) is 0 Å². The highest BCUT2D eigenvalue weighted by atomic mass is 19.4. The Hall–Kier alpha value is -3.19. The van der Waals surface area contributed by atoms with Gasteiger partial charge in [0.1, 0.15) is 0 Å². The number of unbranched alkanes of at least 4 members (excludes halogenated alkanes) is 5. The lowest BCUT2D eigenvalue weighted by molar-refractivity contribution is -0.214. The van der Waals surface area contributed by atoms with Crippen LogP contribution in [0.4, 0.5) is 13.2 Å². The molecule has 234 valence electrons. The number of ether oxygens (including phenoxy) is 1. The molecule has 0 amide bonds. The molecule has 0 radical (unpaired) electrons. The Kier molecular flexibility index (Phi) is 14.2. The maximum absolute atomic E-state index is 12.9. The maximum Gasteiger partial charge on any atom is 0.414 e. The molecule has 0 fully saturated rings. The second-order valence-corrected chi connectivity index (χ2v) is 11.4. The molecule has 4 nitrogen and oxygen atoms in total. The SMILES string of the molecule is CCCCCCCCc1ccc(-c2cc(C(CCCOC(C)C(F)(F)F)CCCC(=O)O)ccc2-c2ccccc2)nc1. The molecule has 0 spiro atoms. The van der Waals surface area contributed by atoms with Gasteiger partial charge in [0.2, 0.25) is 0 Å². The van der Waals surface area contributed by atoms with Crippen LogP contribution in [0.1, 0.15) is 102 Å². The van der Waals surface area contributed by atoms with Crippen LogP contribution in [0.2, 0.25) is 0 Å². The van der Waals surface area contributed by atoms with Gasteiger partial charge in [0.15, 0.2) is 6.10 Å². The van der Waals surface area contributed by atoms with Crippen molar-refractivity contribution in [3.05, 3.63) is 78.0 Å². The Labute approximate surface area is 254 Å². The molecule has 2 aromatic carbocycles. The molecule has 3 aromatic rings. The van der Waals surface area contributed by atoms with E-state index in [9.17, 15) is 23.1 Å². The lowest BCUT2D eigenvalue weighted by Gasteiger charge is -2.21. The minimum atomic E-state index is -4.39. The predicted molar refractivity (Wildman–Crippen MR) is 167 cm³/mol. The van der Waals surface area contributed by atoms with Crippen LogP contribution < -0.4 is 0 Å². The van der Waals surface area contributed by atoms with E-state index in [4.69, 9.17) is 9.72 Å². The molecule has 0 aliphatic heterocycles. The number of nitrogens with zero attached hydrogens (tertiary/aromatic N) is 1. The summed E-state index contributed by atoms with van der Waals surface area (Å²) in [5.41, 5.74) is 6.21. The summed E-state index contributed by atoms with van der Waals surface area (Å²) in [6, 6.07) is 20.6. The minimum Gasteiger partial charge on any atom is -0.481 e. The molecule has 0 bridgehead atoms. The van der Waals surface area contributed by atoms with Crippen LogP contribution in [-0.4, -0.2) is 34.9 Å². The van der Waals surface area contributed by atoms with Crippen LogP contribution in [0.3, 0.4) is 0 Å². The van der Waals surface area contributed by atoms with Crippen molar-refractivity contribution < 1.29 is 27.8 Å². The van der Waals surface area contributed by atoms with Gasteiger partial charge in [0.05, 0.1) is 5.69 Å². The number of carboxylic acids is 1. The summed E-state index contributed by atoms with van der Waals surface area (Å²) in [6.07, 6.45) is 6.45. The number of aliphatic carboxylic acids is 1. The molecule has 43 heavy (non-hydrogen) atoms. The first kappa shape index (κ1) is 34.3. The first-order chi connectivity index (χ1) is 20.7. The van der Waals surface area contributed by atoms with Gasteiger partial charge in [-0.1, -0.05) is 87.6 Å². The van der Waals surface area contributed by atoms with E-state index in [2.05, 4.69) is 49.4 Å². The fourth-order valence-electron chi connectivity index (χ4n) is 5.40. The molecule has 3 rings (SSSR count). The molecule has 0 saturated carbocycles. The zero-order valence-electron chi connectivity index (χ0n) is 25.5. The number of hydrogen-bond donors (Lipinski definition) is 1. The topological polar surface area (TPSA) is 59.4 Å². The van der Waals surface area contributed by atoms with Crippen molar-refractivity contribution in [2.45, 2.75) is 109 Å². The maximum atomic E-state index is 12.9. The lowest BCUT2D eigenvalue weighted by Crippen LogP contribution is -2.28. The van der Waals surface area contributed by atoms with E-state index in [0.717, 1.165) is 47.7 Å². The molecule has 0 saturated heterocycles. The third-order valence-electron chi connectivity index (χ3n) is 7.99. The van der Waals surface area contributed by atoms with Crippen molar-refractivity contribution in [3.63, 3.8) is 0 Å². The first-order valence-corrected chi connectivity index (χ1v) is 15.7. The molecule has 7 heteroatoms. The Morgan fingerprint density at radius 3 is 2.28 bits per heavy atom. The molecule has 1 heterocycles. The Morgan fingerprint density at radius 1 is 0.884 bits per heavy atom. The molecular weight excluding hydrogens is 551 g/mol. The number of aromatic nitrogens is 1. The summed E-state index contributed by atoms with van der Waals surface area (Å²) in [5.74, 6) is -0.869. The van der Waals surface area contributed by atoms with Gasteiger partial charge in [-0.2, -0.15) is 13.2 Å². The summed E-state index contributed by atoms with van der Waals surface area (Å²) in [7, 11) is 0. The standard InChI is InChI=1S/C36H46F3NO3/c1-3-4-5-6-7-9-14-28-20-23-34(40-26-28)33-25-31(21-22-32(33)30-15-10-8-11-16-30)29(17-12-19-35(41)42)18-13-24-43-27(2)36(37,38)39/h8,10-11,15-16,20-23,25-27,29H,3-7,9,12-14,17-19,24H2,1-2H3,(H,41,42). The van der Waals surface area contributed by atoms with Crippen LogP contribution in [-0.2, 0) is 16.0 Å². The minimum absolute atomic E-state index is 0.00726. The van der Waals surface area contributed by atoms with Crippen molar-refractivity contribution in [2.24, 2.45) is 0 Å². The van der Waals surface area contributed by atoms with E-state index in [1.54, 1.807) is 0 Å². The largest absolute Gasteiger partial charge is 0.481 e. The quantitative estimate of drug-likeness (QED) is 0.140. The fourth-order valence-corrected chi connectivity index (χ4v) is 5.40. The van der Waals surface area contributed by atoms with E-state index < -0.39 is 18.2 Å². The third kappa shape index (κ3) is 11.8. The second-order valence-electron chi connectivity index (χ2n) is 11.4. The lowest BCUT2D eigenvalue weighted by atomic mass is 9.86. The van der Waals surface area contributed by atoms with Gasteiger partial charge in [0, 0.05) is 24.8 Å². The number of carboxylic acid groups (broad SMARTS) is 1. The van der Waals surface area contributed by atoms with Crippen LogP contribution in [0.25, 0.3) is 22.4 Å². The van der Waals surface area contributed by atoms with Crippen molar-refractivity contribution in [3.8, 4) is 22.4 Å². The van der Waals surface area contributed by atoms with Crippen LogP contribution in [0, 0.1) is 0 Å². The average molecular weight is 598 g/mol. The first-order valence-electron chi connectivity index (χ1n) is 15.7. The van der Waals surface area contributed by atoms with Gasteiger partial charge >= 0.3 is 12.1 Å². The molecule has 1 aromatic heterocycles. The number of pyridine rings is 1. The predicted octanol–water partition coefficient (Wildman–Crippen LogP) is 10.4. The molecule has 0 aliphatic carbocycles. The highest BCUT2D eigenvalue weighted by Crippen LogP contribution is 2.36. The summed E-state index contributed by atoms with van der Waals surface area (Å²) in [4.78, 5) is 16.1. The number of rotatable bonds is 19. The van der Waals surface area contributed by atoms with Gasteiger partial charge in [-0.25, -0.2) is 0 Å². The fraction of sp³-hybridized carbons (Fsp3) is 0.500. The van der Waals surface area contributed by atoms with Crippen LogP contribution in [0.5, 0.6) is 0 Å². The second kappa shape index (κ2) is 17.8. The van der Waals surface area contributed by atoms with Crippen LogP contribution >= 0.6 is 0 Å². The molecular formula is C36H46F3NO3. The zero-order valence-corrected chi connectivity index (χ0v) is 25.5. The van der Waals surface area contributed by atoms with Crippen molar-refractivity contribution in [1.29, 1.82) is 0 Å². The molecule has 2 atom stereocenters. The Balaban J connectivity index is 1.82. The number of aryl methyl sites for hydroxylation is 1. The van der Waals surface area contributed by atoms with Crippen molar-refractivity contribution >= 4 is 5.97 Å². The molecule has 1 N–H and O–H groups in total. The number of carbonyl (C=O) groups is 1. The van der Waals surface area contributed by atoms with Gasteiger partial charge in [-0.3, -0.25) is 9.78 Å². The van der Waals surface area contributed by atoms with Gasteiger partial charge < -0.3 is 9.84 Å².